The van der Waals surface area contributed by atoms with E-state index in [0.717, 1.165) is 23.9 Å². The van der Waals surface area contributed by atoms with E-state index in [1.54, 1.807) is 11.3 Å². The van der Waals surface area contributed by atoms with E-state index in [4.69, 9.17) is 16.3 Å². The summed E-state index contributed by atoms with van der Waals surface area (Å²) in [4.78, 5) is 0. The second-order valence-electron chi connectivity index (χ2n) is 5.34. The first-order valence-corrected chi connectivity index (χ1v) is 8.60. The molecule has 1 aliphatic carbocycles. The quantitative estimate of drug-likeness (QED) is 0.731. The first-order valence-electron chi connectivity index (χ1n) is 7.34. The molecule has 0 aliphatic heterocycles. The predicted molar refractivity (Wildman–Crippen MR) is 83.2 cm³/mol. The summed E-state index contributed by atoms with van der Waals surface area (Å²) in [5.41, 5.74) is 1.28. The minimum absolute atomic E-state index is 0.374. The molecule has 1 N–H and O–H groups in total. The molecule has 0 bridgehead atoms. The van der Waals surface area contributed by atoms with Crippen LogP contribution in [0.25, 0.3) is 0 Å². The van der Waals surface area contributed by atoms with Crippen LogP contribution in [0.3, 0.4) is 0 Å². The maximum Gasteiger partial charge on any atom is 0.0931 e. The normalized spacial score (nSPS) is 18.6. The summed E-state index contributed by atoms with van der Waals surface area (Å²) in [5, 5.41) is 5.64. The summed E-state index contributed by atoms with van der Waals surface area (Å²) < 4.78 is 6.78. The summed E-state index contributed by atoms with van der Waals surface area (Å²) in [6, 6.07) is 2.42. The molecule has 108 valence electrons. The first kappa shape index (κ1) is 15.3. The molecule has 19 heavy (non-hydrogen) atoms. The van der Waals surface area contributed by atoms with Crippen molar-refractivity contribution in [3.05, 3.63) is 21.3 Å². The molecule has 0 radical (unpaired) electrons. The van der Waals surface area contributed by atoms with Gasteiger partial charge in [-0.1, -0.05) is 30.9 Å². The van der Waals surface area contributed by atoms with Crippen LogP contribution in [0.2, 0.25) is 4.34 Å². The Morgan fingerprint density at radius 1 is 1.42 bits per heavy atom. The van der Waals surface area contributed by atoms with Gasteiger partial charge in [-0.3, -0.25) is 0 Å². The van der Waals surface area contributed by atoms with Gasteiger partial charge >= 0.3 is 0 Å². The lowest BCUT2D eigenvalue weighted by Gasteiger charge is -2.22. The molecule has 1 fully saturated rings. The lowest BCUT2D eigenvalue weighted by molar-refractivity contribution is 0.0271. The van der Waals surface area contributed by atoms with E-state index in [0.29, 0.717) is 12.1 Å². The van der Waals surface area contributed by atoms with Crippen molar-refractivity contribution in [1.82, 2.24) is 5.32 Å². The lowest BCUT2D eigenvalue weighted by Crippen LogP contribution is -2.22. The molecule has 1 unspecified atom stereocenters. The van der Waals surface area contributed by atoms with E-state index in [2.05, 4.69) is 17.6 Å². The van der Waals surface area contributed by atoms with Gasteiger partial charge in [0.15, 0.2) is 0 Å². The highest BCUT2D eigenvalue weighted by molar-refractivity contribution is 7.14. The highest BCUT2D eigenvalue weighted by Crippen LogP contribution is 2.24. The van der Waals surface area contributed by atoms with Gasteiger partial charge in [0.2, 0.25) is 0 Å². The van der Waals surface area contributed by atoms with Crippen LogP contribution >= 0.6 is 22.9 Å². The number of ether oxygens (including phenoxy) is 1. The Bertz CT molecular complexity index is 363. The molecule has 1 atom stereocenters. The Kier molecular flexibility index (Phi) is 6.65. The van der Waals surface area contributed by atoms with Crippen LogP contribution < -0.4 is 5.32 Å². The Balaban J connectivity index is 1.54. The fraction of sp³-hybridized carbons (Fsp3) is 0.733. The van der Waals surface area contributed by atoms with Gasteiger partial charge < -0.3 is 10.1 Å². The number of thiophene rings is 1. The summed E-state index contributed by atoms with van der Waals surface area (Å²) >= 11 is 7.54. The van der Waals surface area contributed by atoms with Crippen LogP contribution in [0.4, 0.5) is 0 Å². The average Bonchev–Trinajstić information content (AvgIpc) is 2.86. The monoisotopic (exact) mass is 301 g/mol. The van der Waals surface area contributed by atoms with Gasteiger partial charge in [0, 0.05) is 12.6 Å². The molecule has 0 amide bonds. The highest BCUT2D eigenvalue weighted by Gasteiger charge is 2.13. The SMILES string of the molecule is CC(NCCCOC1CCCCC1)c1csc(Cl)c1. The van der Waals surface area contributed by atoms with Crippen LogP contribution in [0, 0.1) is 0 Å². The zero-order valence-electron chi connectivity index (χ0n) is 11.7. The smallest absolute Gasteiger partial charge is 0.0931 e. The Morgan fingerprint density at radius 2 is 2.21 bits per heavy atom. The van der Waals surface area contributed by atoms with Crippen molar-refractivity contribution in [1.29, 1.82) is 0 Å². The van der Waals surface area contributed by atoms with Crippen LogP contribution in [0.1, 0.15) is 57.1 Å². The summed E-state index contributed by atoms with van der Waals surface area (Å²) in [6.45, 7) is 4.07. The number of halogens is 1. The Hall–Kier alpha value is -0.0900. The summed E-state index contributed by atoms with van der Waals surface area (Å²) in [6.07, 6.45) is 8.22. The standard InChI is InChI=1S/C15H24ClNOS/c1-12(13-10-15(16)19-11-13)17-8-5-9-18-14-6-3-2-4-7-14/h10-12,14,17H,2-9H2,1H3. The molecule has 2 rings (SSSR count). The van der Waals surface area contributed by atoms with E-state index >= 15 is 0 Å². The van der Waals surface area contributed by atoms with Crippen molar-refractivity contribution in [3.8, 4) is 0 Å². The molecule has 4 heteroatoms. The Morgan fingerprint density at radius 3 is 2.89 bits per heavy atom. The molecule has 2 nitrogen and oxygen atoms in total. The molecule has 1 saturated carbocycles. The van der Waals surface area contributed by atoms with Gasteiger partial charge in [-0.05, 0) is 49.7 Å². The van der Waals surface area contributed by atoms with E-state index < -0.39 is 0 Å². The van der Waals surface area contributed by atoms with Crippen molar-refractivity contribution in [2.24, 2.45) is 0 Å². The second kappa shape index (κ2) is 8.25. The van der Waals surface area contributed by atoms with Crippen molar-refractivity contribution < 1.29 is 4.74 Å². The molecular formula is C15H24ClNOS. The number of hydrogen-bond donors (Lipinski definition) is 1. The number of hydrogen-bond acceptors (Lipinski definition) is 3. The Labute approximate surface area is 125 Å². The molecular weight excluding hydrogens is 278 g/mol. The van der Waals surface area contributed by atoms with Crippen LogP contribution in [-0.2, 0) is 4.74 Å². The summed E-state index contributed by atoms with van der Waals surface area (Å²) in [5.74, 6) is 0. The van der Waals surface area contributed by atoms with E-state index in [-0.39, 0.29) is 0 Å². The van der Waals surface area contributed by atoms with Crippen LogP contribution in [0.15, 0.2) is 11.4 Å². The van der Waals surface area contributed by atoms with Crippen molar-refractivity contribution in [3.63, 3.8) is 0 Å². The lowest BCUT2D eigenvalue weighted by atomic mass is 9.98. The topological polar surface area (TPSA) is 21.3 Å². The summed E-state index contributed by atoms with van der Waals surface area (Å²) in [7, 11) is 0. The van der Waals surface area contributed by atoms with Crippen molar-refractivity contribution in [2.75, 3.05) is 13.2 Å². The molecule has 0 saturated heterocycles. The maximum atomic E-state index is 5.94. The fourth-order valence-corrected chi connectivity index (χ4v) is 3.53. The van der Waals surface area contributed by atoms with Gasteiger partial charge in [-0.2, -0.15) is 0 Å². The predicted octanol–water partition coefficient (Wildman–Crippen LogP) is 4.79. The van der Waals surface area contributed by atoms with Gasteiger partial charge in [0.1, 0.15) is 0 Å². The molecule has 1 aromatic rings. The third-order valence-electron chi connectivity index (χ3n) is 3.77. The van der Waals surface area contributed by atoms with Gasteiger partial charge in [-0.25, -0.2) is 0 Å². The van der Waals surface area contributed by atoms with Crippen molar-refractivity contribution in [2.45, 2.75) is 57.6 Å². The molecule has 1 heterocycles. The molecule has 0 spiro atoms. The third-order valence-corrected chi connectivity index (χ3v) is 4.87. The van der Waals surface area contributed by atoms with E-state index in [1.807, 2.05) is 6.07 Å². The maximum absolute atomic E-state index is 5.94. The average molecular weight is 302 g/mol. The van der Waals surface area contributed by atoms with Gasteiger partial charge in [0.05, 0.1) is 10.4 Å². The molecule has 0 aromatic carbocycles. The fourth-order valence-electron chi connectivity index (χ4n) is 2.54. The van der Waals surface area contributed by atoms with Crippen LogP contribution in [0.5, 0.6) is 0 Å². The van der Waals surface area contributed by atoms with E-state index in [9.17, 15) is 0 Å². The van der Waals surface area contributed by atoms with E-state index in [1.165, 1.54) is 37.7 Å². The van der Waals surface area contributed by atoms with Gasteiger partial charge in [-0.15, -0.1) is 11.3 Å². The van der Waals surface area contributed by atoms with Crippen molar-refractivity contribution >= 4 is 22.9 Å². The third kappa shape index (κ3) is 5.42. The second-order valence-corrected chi connectivity index (χ2v) is 6.89. The largest absolute Gasteiger partial charge is 0.378 e. The zero-order valence-corrected chi connectivity index (χ0v) is 13.2. The first-order chi connectivity index (χ1) is 9.25. The highest BCUT2D eigenvalue weighted by atomic mass is 35.5. The van der Waals surface area contributed by atoms with Crippen LogP contribution in [-0.4, -0.2) is 19.3 Å². The minimum Gasteiger partial charge on any atom is -0.378 e. The number of nitrogens with one attached hydrogen (secondary N) is 1. The zero-order chi connectivity index (χ0) is 13.5. The number of rotatable bonds is 7. The molecule has 1 aromatic heterocycles. The van der Waals surface area contributed by atoms with Gasteiger partial charge in [0.25, 0.3) is 0 Å². The molecule has 1 aliphatic rings. The minimum atomic E-state index is 0.374.